The summed E-state index contributed by atoms with van der Waals surface area (Å²) in [6.07, 6.45) is 2.30. The number of carbonyl (C=O) groups excluding carboxylic acids is 3. The van der Waals surface area contributed by atoms with E-state index in [1.807, 2.05) is 32.0 Å². The van der Waals surface area contributed by atoms with Crippen LogP contribution in [0.15, 0.2) is 18.2 Å². The van der Waals surface area contributed by atoms with Crippen molar-refractivity contribution < 1.29 is 19.1 Å². The van der Waals surface area contributed by atoms with E-state index >= 15 is 0 Å². The van der Waals surface area contributed by atoms with Crippen LogP contribution >= 0.6 is 0 Å². The van der Waals surface area contributed by atoms with E-state index in [4.69, 9.17) is 4.74 Å². The zero-order valence-corrected chi connectivity index (χ0v) is 20.3. The lowest BCUT2D eigenvalue weighted by molar-refractivity contribution is -0.140. The SMILES string of the molecule is CCCCCNC(=O)C(c1cc(C)cc(C)c1)N(C)C(=O)C(C)NC(=O)OC(C)(C)C. The molecule has 0 heterocycles. The molecule has 0 aliphatic carbocycles. The average Bonchev–Trinajstić information content (AvgIpc) is 2.62. The summed E-state index contributed by atoms with van der Waals surface area (Å²) in [5.41, 5.74) is 2.10. The fourth-order valence-electron chi connectivity index (χ4n) is 3.38. The first-order chi connectivity index (χ1) is 14.4. The van der Waals surface area contributed by atoms with Gasteiger partial charge in [-0.15, -0.1) is 0 Å². The monoisotopic (exact) mass is 433 g/mol. The highest BCUT2D eigenvalue weighted by molar-refractivity contribution is 5.91. The largest absolute Gasteiger partial charge is 0.444 e. The quantitative estimate of drug-likeness (QED) is 0.576. The Labute approximate surface area is 186 Å². The Balaban J connectivity index is 3.06. The zero-order chi connectivity index (χ0) is 23.8. The molecule has 0 saturated heterocycles. The number of aryl methyl sites for hydroxylation is 2. The number of carbonyl (C=O) groups is 3. The minimum atomic E-state index is -0.846. The Hall–Kier alpha value is -2.57. The Morgan fingerprint density at radius 1 is 1.06 bits per heavy atom. The topological polar surface area (TPSA) is 87.7 Å². The molecular formula is C24H39N3O4. The van der Waals surface area contributed by atoms with E-state index < -0.39 is 23.8 Å². The molecule has 2 atom stereocenters. The molecular weight excluding hydrogens is 394 g/mol. The van der Waals surface area contributed by atoms with Crippen molar-refractivity contribution in [2.45, 2.75) is 85.4 Å². The van der Waals surface area contributed by atoms with Gasteiger partial charge in [0.25, 0.3) is 0 Å². The van der Waals surface area contributed by atoms with Crippen LogP contribution in [0.1, 0.15) is 76.6 Å². The first-order valence-electron chi connectivity index (χ1n) is 11.0. The second-order valence-electron chi connectivity index (χ2n) is 9.14. The lowest BCUT2D eigenvalue weighted by Crippen LogP contribution is -2.50. The predicted octanol–water partition coefficient (Wildman–Crippen LogP) is 4.02. The highest BCUT2D eigenvalue weighted by atomic mass is 16.6. The summed E-state index contributed by atoms with van der Waals surface area (Å²) < 4.78 is 5.24. The molecule has 2 N–H and O–H groups in total. The van der Waals surface area contributed by atoms with E-state index in [2.05, 4.69) is 17.6 Å². The molecule has 0 fully saturated rings. The molecule has 0 radical (unpaired) electrons. The van der Waals surface area contributed by atoms with Gasteiger partial charge in [0.1, 0.15) is 17.7 Å². The number of amides is 3. The minimum Gasteiger partial charge on any atom is -0.444 e. The summed E-state index contributed by atoms with van der Waals surface area (Å²) >= 11 is 0. The summed E-state index contributed by atoms with van der Waals surface area (Å²) in [7, 11) is 1.59. The van der Waals surface area contributed by atoms with Crippen molar-refractivity contribution in [3.8, 4) is 0 Å². The molecule has 0 aromatic heterocycles. The maximum absolute atomic E-state index is 13.1. The van der Waals surface area contributed by atoms with Crippen LogP contribution in [0, 0.1) is 13.8 Å². The van der Waals surface area contributed by atoms with Crippen molar-refractivity contribution in [1.82, 2.24) is 15.5 Å². The van der Waals surface area contributed by atoms with Gasteiger partial charge in [0.2, 0.25) is 11.8 Å². The van der Waals surface area contributed by atoms with Crippen molar-refractivity contribution >= 4 is 17.9 Å². The third-order valence-corrected chi connectivity index (χ3v) is 4.73. The first-order valence-corrected chi connectivity index (χ1v) is 11.0. The number of likely N-dealkylation sites (N-methyl/N-ethyl adjacent to an activating group) is 1. The van der Waals surface area contributed by atoms with Crippen LogP contribution in [0.25, 0.3) is 0 Å². The van der Waals surface area contributed by atoms with Crippen LogP contribution in [-0.4, -0.2) is 48.0 Å². The van der Waals surface area contributed by atoms with Crippen molar-refractivity contribution in [2.75, 3.05) is 13.6 Å². The molecule has 2 unspecified atom stereocenters. The molecule has 0 spiro atoms. The zero-order valence-electron chi connectivity index (χ0n) is 20.3. The van der Waals surface area contributed by atoms with Crippen molar-refractivity contribution in [3.63, 3.8) is 0 Å². The first kappa shape index (κ1) is 26.5. The summed E-state index contributed by atoms with van der Waals surface area (Å²) in [6, 6.07) is 4.21. The van der Waals surface area contributed by atoms with Gasteiger partial charge in [-0.1, -0.05) is 49.1 Å². The molecule has 31 heavy (non-hydrogen) atoms. The molecule has 7 heteroatoms. The lowest BCUT2D eigenvalue weighted by atomic mass is 9.99. The smallest absolute Gasteiger partial charge is 0.408 e. The third kappa shape index (κ3) is 8.99. The van der Waals surface area contributed by atoms with Crippen LogP contribution in [-0.2, 0) is 14.3 Å². The highest BCUT2D eigenvalue weighted by Crippen LogP contribution is 2.23. The molecule has 1 rings (SSSR count). The molecule has 1 aromatic rings. The normalized spacial score (nSPS) is 13.2. The van der Waals surface area contributed by atoms with Gasteiger partial charge in [-0.05, 0) is 53.5 Å². The predicted molar refractivity (Wildman–Crippen MR) is 123 cm³/mol. The van der Waals surface area contributed by atoms with Gasteiger partial charge in [-0.25, -0.2) is 4.79 Å². The lowest BCUT2D eigenvalue weighted by Gasteiger charge is -2.31. The van der Waals surface area contributed by atoms with Gasteiger partial charge in [0.05, 0.1) is 0 Å². The molecule has 7 nitrogen and oxygen atoms in total. The van der Waals surface area contributed by atoms with E-state index in [1.54, 1.807) is 34.7 Å². The highest BCUT2D eigenvalue weighted by Gasteiger charge is 2.32. The van der Waals surface area contributed by atoms with Gasteiger partial charge in [-0.2, -0.15) is 0 Å². The number of nitrogens with zero attached hydrogens (tertiary/aromatic N) is 1. The fourth-order valence-corrected chi connectivity index (χ4v) is 3.38. The second-order valence-corrected chi connectivity index (χ2v) is 9.14. The van der Waals surface area contributed by atoms with E-state index in [0.717, 1.165) is 36.0 Å². The number of benzene rings is 1. The number of ether oxygens (including phenoxy) is 1. The van der Waals surface area contributed by atoms with Gasteiger partial charge in [0.15, 0.2) is 0 Å². The Morgan fingerprint density at radius 3 is 2.16 bits per heavy atom. The molecule has 0 saturated carbocycles. The average molecular weight is 434 g/mol. The Bertz CT molecular complexity index is 750. The van der Waals surface area contributed by atoms with Crippen LogP contribution in [0.3, 0.4) is 0 Å². The maximum Gasteiger partial charge on any atom is 0.408 e. The van der Waals surface area contributed by atoms with Crippen LogP contribution in [0.5, 0.6) is 0 Å². The van der Waals surface area contributed by atoms with Gasteiger partial charge >= 0.3 is 6.09 Å². The molecule has 0 aliphatic heterocycles. The number of unbranched alkanes of at least 4 members (excludes halogenated alkanes) is 2. The standard InChI is InChI=1S/C24H39N3O4/c1-9-10-11-12-25-21(28)20(19-14-16(2)13-17(3)15-19)27(8)22(29)18(4)26-23(30)31-24(5,6)7/h13-15,18,20H,9-12H2,1-8H3,(H,25,28)(H,26,30). The number of alkyl carbamates (subject to hydrolysis) is 1. The van der Waals surface area contributed by atoms with Crippen molar-refractivity contribution in [3.05, 3.63) is 34.9 Å². The summed E-state index contributed by atoms with van der Waals surface area (Å²) in [4.78, 5) is 39.6. The summed E-state index contributed by atoms with van der Waals surface area (Å²) in [6.45, 7) is 13.4. The van der Waals surface area contributed by atoms with E-state index in [1.165, 1.54) is 4.90 Å². The maximum atomic E-state index is 13.1. The van der Waals surface area contributed by atoms with Gasteiger partial charge in [0, 0.05) is 13.6 Å². The number of nitrogens with one attached hydrogen (secondary N) is 2. The second kappa shape index (κ2) is 11.7. The van der Waals surface area contributed by atoms with Gasteiger partial charge < -0.3 is 20.3 Å². The number of hydrogen-bond acceptors (Lipinski definition) is 4. The van der Waals surface area contributed by atoms with Crippen molar-refractivity contribution in [1.29, 1.82) is 0 Å². The minimum absolute atomic E-state index is 0.235. The Kier molecular flexibility index (Phi) is 10.0. The number of rotatable bonds is 9. The van der Waals surface area contributed by atoms with Crippen LogP contribution in [0.4, 0.5) is 4.79 Å². The summed E-state index contributed by atoms with van der Waals surface area (Å²) in [5.74, 6) is -0.611. The molecule has 0 aliphatic rings. The van der Waals surface area contributed by atoms with Gasteiger partial charge in [-0.3, -0.25) is 9.59 Å². The molecule has 1 aromatic carbocycles. The van der Waals surface area contributed by atoms with Crippen LogP contribution < -0.4 is 10.6 Å². The van der Waals surface area contributed by atoms with E-state index in [-0.39, 0.29) is 11.8 Å². The van der Waals surface area contributed by atoms with Crippen molar-refractivity contribution in [2.24, 2.45) is 0 Å². The molecule has 3 amide bonds. The Morgan fingerprint density at radius 2 is 1.65 bits per heavy atom. The molecule has 174 valence electrons. The fraction of sp³-hybridized carbons (Fsp3) is 0.625. The third-order valence-electron chi connectivity index (χ3n) is 4.73. The van der Waals surface area contributed by atoms with E-state index in [0.29, 0.717) is 6.54 Å². The number of hydrogen-bond donors (Lipinski definition) is 2. The molecule has 0 bridgehead atoms. The van der Waals surface area contributed by atoms with E-state index in [9.17, 15) is 14.4 Å². The van der Waals surface area contributed by atoms with Crippen LogP contribution in [0.2, 0.25) is 0 Å². The summed E-state index contributed by atoms with van der Waals surface area (Å²) in [5, 5.41) is 5.52.